The Bertz CT molecular complexity index is 516. The topological polar surface area (TPSA) is 87.5 Å². The normalized spacial score (nSPS) is 12.0. The summed E-state index contributed by atoms with van der Waals surface area (Å²) in [6, 6.07) is 5.42. The summed E-state index contributed by atoms with van der Waals surface area (Å²) in [5.74, 6) is -0.332. The molecule has 6 nitrogen and oxygen atoms in total. The van der Waals surface area contributed by atoms with Gasteiger partial charge in [0.2, 0.25) is 11.8 Å². The van der Waals surface area contributed by atoms with Crippen LogP contribution in [0.5, 0.6) is 0 Å². The summed E-state index contributed by atoms with van der Waals surface area (Å²) in [6.45, 7) is 4.47. The fourth-order valence-corrected chi connectivity index (χ4v) is 2.03. The summed E-state index contributed by atoms with van der Waals surface area (Å²) in [7, 11) is 3.41. The van der Waals surface area contributed by atoms with Crippen LogP contribution in [0, 0.1) is 12.8 Å². The van der Waals surface area contributed by atoms with Gasteiger partial charge in [0.05, 0.1) is 6.54 Å². The van der Waals surface area contributed by atoms with E-state index < -0.39 is 0 Å². The van der Waals surface area contributed by atoms with Crippen molar-refractivity contribution >= 4 is 23.2 Å². The van der Waals surface area contributed by atoms with Crippen LogP contribution in [0.4, 0.5) is 11.4 Å². The molecule has 0 aliphatic heterocycles. The van der Waals surface area contributed by atoms with Gasteiger partial charge in [0.25, 0.3) is 0 Å². The van der Waals surface area contributed by atoms with E-state index in [0.29, 0.717) is 17.9 Å². The van der Waals surface area contributed by atoms with Gasteiger partial charge in [0.15, 0.2) is 0 Å². The van der Waals surface area contributed by atoms with Crippen molar-refractivity contribution in [2.24, 2.45) is 5.92 Å². The van der Waals surface area contributed by atoms with Crippen molar-refractivity contribution in [2.75, 3.05) is 38.2 Å². The predicted molar refractivity (Wildman–Crippen MR) is 84.9 cm³/mol. The van der Waals surface area contributed by atoms with Crippen LogP contribution in [-0.4, -0.2) is 43.9 Å². The summed E-state index contributed by atoms with van der Waals surface area (Å²) in [5.41, 5.74) is 8.11. The molecule has 1 aromatic rings. The quantitative estimate of drug-likeness (QED) is 0.678. The minimum Gasteiger partial charge on any atom is -0.398 e. The van der Waals surface area contributed by atoms with Crippen LogP contribution in [-0.2, 0) is 9.59 Å². The Labute approximate surface area is 125 Å². The first-order chi connectivity index (χ1) is 9.83. The third-order valence-electron chi connectivity index (χ3n) is 3.26. The Hall–Kier alpha value is -2.08. The largest absolute Gasteiger partial charge is 0.398 e. The Morgan fingerprint density at radius 1 is 1.38 bits per heavy atom. The Morgan fingerprint density at radius 3 is 2.62 bits per heavy atom. The fraction of sp³-hybridized carbons (Fsp3) is 0.467. The third kappa shape index (κ3) is 5.43. The van der Waals surface area contributed by atoms with E-state index in [4.69, 9.17) is 5.73 Å². The number of amides is 2. The zero-order valence-corrected chi connectivity index (χ0v) is 13.1. The number of nitrogens with one attached hydrogen (secondary N) is 2. The molecule has 4 N–H and O–H groups in total. The maximum absolute atomic E-state index is 11.9. The Balaban J connectivity index is 2.49. The second-order valence-electron chi connectivity index (χ2n) is 5.33. The molecule has 0 aromatic heterocycles. The highest BCUT2D eigenvalue weighted by molar-refractivity contribution is 5.92. The second-order valence-corrected chi connectivity index (χ2v) is 5.33. The van der Waals surface area contributed by atoms with Gasteiger partial charge in [-0.1, -0.05) is 13.0 Å². The molecule has 0 spiro atoms. The first kappa shape index (κ1) is 17.0. The Kier molecular flexibility index (Phi) is 6.17. The number of nitrogens with zero attached hydrogens (tertiary/aromatic N) is 1. The van der Waals surface area contributed by atoms with E-state index in [1.165, 1.54) is 0 Å². The van der Waals surface area contributed by atoms with Crippen molar-refractivity contribution in [1.82, 2.24) is 10.2 Å². The van der Waals surface area contributed by atoms with Crippen LogP contribution in [0.15, 0.2) is 18.2 Å². The number of benzene rings is 1. The number of carbonyl (C=O) groups is 2. The van der Waals surface area contributed by atoms with Gasteiger partial charge < -0.3 is 16.4 Å². The van der Waals surface area contributed by atoms with Crippen LogP contribution in [0.25, 0.3) is 0 Å². The number of nitrogens with two attached hydrogens (primary N) is 1. The summed E-state index contributed by atoms with van der Waals surface area (Å²) in [5, 5.41) is 5.39. The molecule has 1 rings (SSSR count). The van der Waals surface area contributed by atoms with Crippen LogP contribution < -0.4 is 16.4 Å². The van der Waals surface area contributed by atoms with E-state index in [1.54, 1.807) is 13.1 Å². The van der Waals surface area contributed by atoms with E-state index >= 15 is 0 Å². The Morgan fingerprint density at radius 2 is 2.05 bits per heavy atom. The van der Waals surface area contributed by atoms with Crippen molar-refractivity contribution in [1.29, 1.82) is 0 Å². The summed E-state index contributed by atoms with van der Waals surface area (Å²) in [4.78, 5) is 25.2. The van der Waals surface area contributed by atoms with E-state index in [9.17, 15) is 9.59 Å². The lowest BCUT2D eigenvalue weighted by atomic mass is 10.1. The molecule has 2 amide bonds. The lowest BCUT2D eigenvalue weighted by Crippen LogP contribution is -2.38. The number of carbonyl (C=O) groups excluding carboxylic acids is 2. The molecular weight excluding hydrogens is 268 g/mol. The third-order valence-corrected chi connectivity index (χ3v) is 3.26. The molecule has 1 aromatic carbocycles. The van der Waals surface area contributed by atoms with Gasteiger partial charge in [-0.15, -0.1) is 0 Å². The molecule has 6 heteroatoms. The molecule has 0 heterocycles. The standard InChI is InChI=1S/C15H24N4O2/c1-10-5-6-12(7-13(10)16)18-14(20)9-19(4)8-11(2)15(21)17-3/h5-7,11H,8-9,16H2,1-4H3,(H,17,21)(H,18,20). The average molecular weight is 292 g/mol. The van der Waals surface area contributed by atoms with Crippen molar-refractivity contribution in [2.45, 2.75) is 13.8 Å². The van der Waals surface area contributed by atoms with Crippen LogP contribution >= 0.6 is 0 Å². The van der Waals surface area contributed by atoms with Crippen LogP contribution in [0.1, 0.15) is 12.5 Å². The number of aryl methyl sites for hydroxylation is 1. The monoisotopic (exact) mass is 292 g/mol. The summed E-state index contributed by atoms with van der Waals surface area (Å²) >= 11 is 0. The molecule has 0 aliphatic carbocycles. The molecule has 1 unspecified atom stereocenters. The second kappa shape index (κ2) is 7.64. The maximum Gasteiger partial charge on any atom is 0.238 e. The maximum atomic E-state index is 11.9. The predicted octanol–water partition coefficient (Wildman–Crippen LogP) is 0.830. The van der Waals surface area contributed by atoms with Gasteiger partial charge >= 0.3 is 0 Å². The number of rotatable bonds is 6. The van der Waals surface area contributed by atoms with Gasteiger partial charge in [-0.25, -0.2) is 0 Å². The van der Waals surface area contributed by atoms with Gasteiger partial charge in [0, 0.05) is 30.9 Å². The molecule has 0 fully saturated rings. The van der Waals surface area contributed by atoms with Crippen molar-refractivity contribution in [3.8, 4) is 0 Å². The van der Waals surface area contributed by atoms with Crippen LogP contribution in [0.3, 0.4) is 0 Å². The average Bonchev–Trinajstić information content (AvgIpc) is 2.41. The highest BCUT2D eigenvalue weighted by Crippen LogP contribution is 2.16. The molecule has 21 heavy (non-hydrogen) atoms. The molecule has 0 radical (unpaired) electrons. The molecule has 1 atom stereocenters. The zero-order valence-electron chi connectivity index (χ0n) is 13.1. The number of hydrogen-bond donors (Lipinski definition) is 3. The van der Waals surface area contributed by atoms with E-state index in [2.05, 4.69) is 10.6 Å². The number of likely N-dealkylation sites (N-methyl/N-ethyl adjacent to an activating group) is 1. The molecule has 116 valence electrons. The highest BCUT2D eigenvalue weighted by atomic mass is 16.2. The first-order valence-corrected chi connectivity index (χ1v) is 6.89. The van der Waals surface area contributed by atoms with E-state index in [0.717, 1.165) is 5.56 Å². The van der Waals surface area contributed by atoms with Gasteiger partial charge in [-0.05, 0) is 31.7 Å². The summed E-state index contributed by atoms with van der Waals surface area (Å²) < 4.78 is 0. The number of nitrogen functional groups attached to an aromatic ring is 1. The van der Waals surface area contributed by atoms with Crippen molar-refractivity contribution in [3.05, 3.63) is 23.8 Å². The number of anilines is 2. The minimum absolute atomic E-state index is 0.0337. The molecule has 0 bridgehead atoms. The summed E-state index contributed by atoms with van der Waals surface area (Å²) in [6.07, 6.45) is 0. The minimum atomic E-state index is -0.164. The molecule has 0 saturated heterocycles. The lowest BCUT2D eigenvalue weighted by molar-refractivity contribution is -0.125. The molecule has 0 aliphatic rings. The molecule has 0 saturated carbocycles. The SMILES string of the molecule is CNC(=O)C(C)CN(C)CC(=O)Nc1ccc(C)c(N)c1. The van der Waals surface area contributed by atoms with Crippen molar-refractivity contribution in [3.63, 3.8) is 0 Å². The van der Waals surface area contributed by atoms with Crippen LogP contribution in [0.2, 0.25) is 0 Å². The molecular formula is C15H24N4O2. The van der Waals surface area contributed by atoms with E-state index in [1.807, 2.05) is 37.9 Å². The fourth-order valence-electron chi connectivity index (χ4n) is 2.03. The van der Waals surface area contributed by atoms with Crippen molar-refractivity contribution < 1.29 is 9.59 Å². The van der Waals surface area contributed by atoms with Gasteiger partial charge in [0.1, 0.15) is 0 Å². The zero-order chi connectivity index (χ0) is 16.0. The van der Waals surface area contributed by atoms with Gasteiger partial charge in [-0.3, -0.25) is 14.5 Å². The van der Waals surface area contributed by atoms with Gasteiger partial charge in [-0.2, -0.15) is 0 Å². The first-order valence-electron chi connectivity index (χ1n) is 6.89. The smallest absolute Gasteiger partial charge is 0.238 e. The van der Waals surface area contributed by atoms with E-state index in [-0.39, 0.29) is 24.3 Å². The highest BCUT2D eigenvalue weighted by Gasteiger charge is 2.15. The lowest BCUT2D eigenvalue weighted by Gasteiger charge is -2.20. The number of hydrogen-bond acceptors (Lipinski definition) is 4.